The maximum atomic E-state index is 11.9. The van der Waals surface area contributed by atoms with Gasteiger partial charge < -0.3 is 15.4 Å². The number of nitrogens with zero attached hydrogens (tertiary/aromatic N) is 1. The number of aromatic nitrogens is 1. The lowest BCUT2D eigenvalue weighted by molar-refractivity contribution is -0.136. The minimum atomic E-state index is -0.714. The molecule has 0 fully saturated rings. The number of hydrogen-bond acceptors (Lipinski definition) is 4. The van der Waals surface area contributed by atoms with Crippen molar-refractivity contribution >= 4 is 17.5 Å². The molecule has 0 spiro atoms. The Kier molecular flexibility index (Phi) is 6.31. The van der Waals surface area contributed by atoms with Gasteiger partial charge in [0.1, 0.15) is 0 Å². The lowest BCUT2D eigenvalue weighted by Crippen LogP contribution is -2.40. The number of nitrogens with one attached hydrogen (secondary N) is 2. The SMILES string of the molecule is COc1ccc(NC(=O)C(=O)NC(C)CCc2ccccc2)cn1. The van der Waals surface area contributed by atoms with Gasteiger partial charge in [0.25, 0.3) is 0 Å². The molecule has 0 aliphatic heterocycles. The van der Waals surface area contributed by atoms with Gasteiger partial charge in [-0.05, 0) is 31.4 Å². The van der Waals surface area contributed by atoms with Crippen molar-refractivity contribution in [1.82, 2.24) is 10.3 Å². The Balaban J connectivity index is 1.78. The largest absolute Gasteiger partial charge is 0.481 e. The molecule has 0 aliphatic rings. The third-order valence-corrected chi connectivity index (χ3v) is 3.50. The van der Waals surface area contributed by atoms with Crippen LogP contribution in [0.5, 0.6) is 5.88 Å². The van der Waals surface area contributed by atoms with E-state index < -0.39 is 11.8 Å². The fourth-order valence-electron chi connectivity index (χ4n) is 2.15. The Labute approximate surface area is 141 Å². The van der Waals surface area contributed by atoms with Crippen LogP contribution in [0.1, 0.15) is 18.9 Å². The molecule has 126 valence electrons. The summed E-state index contributed by atoms with van der Waals surface area (Å²) in [5.41, 5.74) is 1.64. The van der Waals surface area contributed by atoms with Crippen LogP contribution < -0.4 is 15.4 Å². The Morgan fingerprint density at radius 2 is 1.88 bits per heavy atom. The highest BCUT2D eigenvalue weighted by molar-refractivity contribution is 6.39. The number of methoxy groups -OCH3 is 1. The molecule has 2 rings (SSSR count). The number of aryl methyl sites for hydroxylation is 1. The zero-order valence-corrected chi connectivity index (χ0v) is 13.8. The minimum Gasteiger partial charge on any atom is -0.481 e. The quantitative estimate of drug-likeness (QED) is 0.797. The zero-order chi connectivity index (χ0) is 17.4. The molecule has 1 aromatic carbocycles. The number of rotatable bonds is 6. The van der Waals surface area contributed by atoms with Crippen molar-refractivity contribution in [2.45, 2.75) is 25.8 Å². The van der Waals surface area contributed by atoms with Gasteiger partial charge in [0.15, 0.2) is 0 Å². The smallest absolute Gasteiger partial charge is 0.313 e. The number of anilines is 1. The zero-order valence-electron chi connectivity index (χ0n) is 13.8. The second kappa shape index (κ2) is 8.67. The number of hydrogen-bond donors (Lipinski definition) is 2. The van der Waals surface area contributed by atoms with E-state index in [-0.39, 0.29) is 6.04 Å². The Bertz CT molecular complexity index is 672. The van der Waals surface area contributed by atoms with Gasteiger partial charge in [0, 0.05) is 12.1 Å². The summed E-state index contributed by atoms with van der Waals surface area (Å²) in [6, 6.07) is 13.1. The van der Waals surface area contributed by atoms with Crippen LogP contribution in [-0.4, -0.2) is 29.9 Å². The third-order valence-electron chi connectivity index (χ3n) is 3.50. The summed E-state index contributed by atoms with van der Waals surface area (Å²) in [7, 11) is 1.50. The van der Waals surface area contributed by atoms with E-state index in [1.54, 1.807) is 12.1 Å². The number of pyridine rings is 1. The van der Waals surface area contributed by atoms with Gasteiger partial charge in [-0.15, -0.1) is 0 Å². The molecule has 0 saturated heterocycles. The number of benzene rings is 1. The topological polar surface area (TPSA) is 80.3 Å². The fourth-order valence-corrected chi connectivity index (χ4v) is 2.15. The van der Waals surface area contributed by atoms with Crippen molar-refractivity contribution in [3.8, 4) is 5.88 Å². The van der Waals surface area contributed by atoms with E-state index in [2.05, 4.69) is 15.6 Å². The molecule has 0 saturated carbocycles. The minimum absolute atomic E-state index is 0.0996. The van der Waals surface area contributed by atoms with Gasteiger partial charge in [0.05, 0.1) is 19.0 Å². The molecule has 1 unspecified atom stereocenters. The van der Waals surface area contributed by atoms with Gasteiger partial charge in [-0.1, -0.05) is 30.3 Å². The van der Waals surface area contributed by atoms with Crippen LogP contribution in [0.4, 0.5) is 5.69 Å². The summed E-state index contributed by atoms with van der Waals surface area (Å²) in [5, 5.41) is 5.20. The highest BCUT2D eigenvalue weighted by atomic mass is 16.5. The van der Waals surface area contributed by atoms with Crippen LogP contribution >= 0.6 is 0 Å². The average Bonchev–Trinajstić information content (AvgIpc) is 2.61. The lowest BCUT2D eigenvalue weighted by Gasteiger charge is -2.13. The summed E-state index contributed by atoms with van der Waals surface area (Å²) in [4.78, 5) is 27.8. The number of amides is 2. The summed E-state index contributed by atoms with van der Waals surface area (Å²) >= 11 is 0. The molecular formula is C18H21N3O3. The normalized spacial score (nSPS) is 11.4. The number of carbonyl (C=O) groups is 2. The highest BCUT2D eigenvalue weighted by Crippen LogP contribution is 2.10. The Morgan fingerprint density at radius 3 is 2.50 bits per heavy atom. The highest BCUT2D eigenvalue weighted by Gasteiger charge is 2.16. The first-order valence-corrected chi connectivity index (χ1v) is 7.74. The molecule has 2 aromatic rings. The Hall–Kier alpha value is -2.89. The lowest BCUT2D eigenvalue weighted by atomic mass is 10.1. The maximum absolute atomic E-state index is 11.9. The van der Waals surface area contributed by atoms with Gasteiger partial charge in [0.2, 0.25) is 5.88 Å². The fraction of sp³-hybridized carbons (Fsp3) is 0.278. The van der Waals surface area contributed by atoms with Crippen LogP contribution in [-0.2, 0) is 16.0 Å². The first-order chi connectivity index (χ1) is 11.6. The first-order valence-electron chi connectivity index (χ1n) is 7.74. The van der Waals surface area contributed by atoms with Crippen molar-refractivity contribution in [3.05, 3.63) is 54.2 Å². The van der Waals surface area contributed by atoms with Crippen LogP contribution in [0.3, 0.4) is 0 Å². The van der Waals surface area contributed by atoms with Crippen LogP contribution in [0, 0.1) is 0 Å². The van der Waals surface area contributed by atoms with E-state index >= 15 is 0 Å². The molecule has 1 atom stereocenters. The van der Waals surface area contributed by atoms with Crippen LogP contribution in [0.2, 0.25) is 0 Å². The van der Waals surface area contributed by atoms with Gasteiger partial charge >= 0.3 is 11.8 Å². The number of carbonyl (C=O) groups excluding carboxylic acids is 2. The molecule has 24 heavy (non-hydrogen) atoms. The van der Waals surface area contributed by atoms with E-state index in [9.17, 15) is 9.59 Å². The van der Waals surface area contributed by atoms with Crippen molar-refractivity contribution in [3.63, 3.8) is 0 Å². The molecule has 0 radical (unpaired) electrons. The van der Waals surface area contributed by atoms with Crippen molar-refractivity contribution in [2.75, 3.05) is 12.4 Å². The molecule has 6 heteroatoms. The summed E-state index contributed by atoms with van der Waals surface area (Å²) in [6.07, 6.45) is 3.03. The van der Waals surface area contributed by atoms with Gasteiger partial charge in [-0.3, -0.25) is 9.59 Å². The molecule has 2 amide bonds. The molecular weight excluding hydrogens is 306 g/mol. The molecule has 1 aromatic heterocycles. The van der Waals surface area contributed by atoms with E-state index in [0.29, 0.717) is 11.6 Å². The monoisotopic (exact) mass is 327 g/mol. The van der Waals surface area contributed by atoms with Gasteiger partial charge in [-0.2, -0.15) is 0 Å². The average molecular weight is 327 g/mol. The maximum Gasteiger partial charge on any atom is 0.313 e. The van der Waals surface area contributed by atoms with Crippen LogP contribution in [0.25, 0.3) is 0 Å². The van der Waals surface area contributed by atoms with E-state index in [1.165, 1.54) is 18.9 Å². The molecule has 0 bridgehead atoms. The van der Waals surface area contributed by atoms with Crippen molar-refractivity contribution < 1.29 is 14.3 Å². The van der Waals surface area contributed by atoms with E-state index in [4.69, 9.17) is 4.74 Å². The van der Waals surface area contributed by atoms with Crippen molar-refractivity contribution in [2.24, 2.45) is 0 Å². The first kappa shape index (κ1) is 17.5. The van der Waals surface area contributed by atoms with E-state index in [1.807, 2.05) is 37.3 Å². The molecule has 0 aliphatic carbocycles. The summed E-state index contributed by atoms with van der Waals surface area (Å²) < 4.78 is 4.93. The predicted octanol–water partition coefficient (Wildman–Crippen LogP) is 2.17. The van der Waals surface area contributed by atoms with Crippen molar-refractivity contribution in [1.29, 1.82) is 0 Å². The molecule has 2 N–H and O–H groups in total. The van der Waals surface area contributed by atoms with E-state index in [0.717, 1.165) is 12.8 Å². The third kappa shape index (κ3) is 5.39. The second-order valence-electron chi connectivity index (χ2n) is 5.44. The summed E-state index contributed by atoms with van der Waals surface area (Å²) in [5.74, 6) is -0.938. The Morgan fingerprint density at radius 1 is 1.12 bits per heavy atom. The van der Waals surface area contributed by atoms with Gasteiger partial charge in [-0.25, -0.2) is 4.98 Å². The summed E-state index contributed by atoms with van der Waals surface area (Å²) in [6.45, 7) is 1.88. The number of ether oxygens (including phenoxy) is 1. The molecule has 1 heterocycles. The second-order valence-corrected chi connectivity index (χ2v) is 5.44. The molecule has 6 nitrogen and oxygen atoms in total. The van der Waals surface area contributed by atoms with Crippen LogP contribution in [0.15, 0.2) is 48.7 Å². The predicted molar refractivity (Wildman–Crippen MR) is 91.8 cm³/mol. The standard InChI is InChI=1S/C18H21N3O3/c1-13(8-9-14-6-4-3-5-7-14)20-17(22)18(23)21-15-10-11-16(24-2)19-12-15/h3-7,10-13H,8-9H2,1-2H3,(H,20,22)(H,21,23).